The fourth-order valence-corrected chi connectivity index (χ4v) is 3.87. The van der Waals surface area contributed by atoms with Crippen molar-refractivity contribution in [2.24, 2.45) is 0 Å². The van der Waals surface area contributed by atoms with Crippen LogP contribution in [0.25, 0.3) is 11.3 Å². The Morgan fingerprint density at radius 2 is 1.88 bits per heavy atom. The van der Waals surface area contributed by atoms with Crippen LogP contribution in [0, 0.1) is 0 Å². The maximum absolute atomic E-state index is 6.18. The summed E-state index contributed by atoms with van der Waals surface area (Å²) in [7, 11) is 0. The molecule has 1 saturated carbocycles. The predicted molar refractivity (Wildman–Crippen MR) is 107 cm³/mol. The van der Waals surface area contributed by atoms with E-state index >= 15 is 0 Å². The topological polar surface area (TPSA) is 79.1 Å². The summed E-state index contributed by atoms with van der Waals surface area (Å²) in [6, 6.07) is 8.56. The van der Waals surface area contributed by atoms with Crippen LogP contribution in [0.5, 0.6) is 0 Å². The van der Waals surface area contributed by atoms with Crippen LogP contribution in [0.4, 0.5) is 17.3 Å². The van der Waals surface area contributed by atoms with Gasteiger partial charge in [-0.05, 0) is 31.0 Å². The minimum atomic E-state index is 0.539. The van der Waals surface area contributed by atoms with Gasteiger partial charge in [-0.25, -0.2) is 9.97 Å². The van der Waals surface area contributed by atoms with Crippen LogP contribution in [-0.2, 0) is 0 Å². The van der Waals surface area contributed by atoms with Gasteiger partial charge in [-0.15, -0.1) is 0 Å². The van der Waals surface area contributed by atoms with E-state index in [0.29, 0.717) is 6.04 Å². The lowest BCUT2D eigenvalue weighted by molar-refractivity contribution is 0.462. The molecule has 2 aromatic rings. The number of pyridine rings is 2. The summed E-state index contributed by atoms with van der Waals surface area (Å²) in [4.78, 5) is 11.7. The molecule has 3 heterocycles. The van der Waals surface area contributed by atoms with E-state index in [4.69, 9.17) is 10.7 Å². The normalized spacial score (nSPS) is 18.7. The first-order valence-electron chi connectivity index (χ1n) is 9.74. The van der Waals surface area contributed by atoms with Crippen LogP contribution in [0.2, 0.25) is 0 Å². The molecule has 0 aromatic carbocycles. The van der Waals surface area contributed by atoms with E-state index in [9.17, 15) is 0 Å². The quantitative estimate of drug-likeness (QED) is 0.785. The Kier molecular flexibility index (Phi) is 5.20. The highest BCUT2D eigenvalue weighted by Crippen LogP contribution is 2.27. The highest BCUT2D eigenvalue weighted by Gasteiger charge is 2.16. The van der Waals surface area contributed by atoms with Crippen LogP contribution in [0.1, 0.15) is 32.1 Å². The molecule has 26 heavy (non-hydrogen) atoms. The molecule has 6 nitrogen and oxygen atoms in total. The number of anilines is 3. The molecule has 0 spiro atoms. The summed E-state index contributed by atoms with van der Waals surface area (Å²) in [5, 5.41) is 6.97. The fraction of sp³-hybridized carbons (Fsp3) is 0.500. The van der Waals surface area contributed by atoms with E-state index in [1.165, 1.54) is 32.1 Å². The lowest BCUT2D eigenvalue weighted by Gasteiger charge is -2.29. The zero-order valence-corrected chi connectivity index (χ0v) is 15.2. The predicted octanol–water partition coefficient (Wildman–Crippen LogP) is 2.88. The third-order valence-electron chi connectivity index (χ3n) is 5.29. The number of aromatic nitrogens is 2. The van der Waals surface area contributed by atoms with Gasteiger partial charge in [0.1, 0.15) is 11.6 Å². The monoisotopic (exact) mass is 352 g/mol. The van der Waals surface area contributed by atoms with Gasteiger partial charge in [-0.2, -0.15) is 0 Å². The molecule has 2 aliphatic rings. The molecule has 0 atom stereocenters. The molecule has 0 unspecified atom stereocenters. The van der Waals surface area contributed by atoms with Crippen molar-refractivity contribution in [3.63, 3.8) is 0 Å². The van der Waals surface area contributed by atoms with Crippen molar-refractivity contribution in [2.45, 2.75) is 38.1 Å². The van der Waals surface area contributed by atoms with Crippen molar-refractivity contribution >= 4 is 17.3 Å². The van der Waals surface area contributed by atoms with E-state index in [0.717, 1.165) is 54.8 Å². The van der Waals surface area contributed by atoms with Crippen LogP contribution >= 0.6 is 0 Å². The standard InChI is InChI=1S/C20H28N6/c21-16-13-18(25-20(14-16)26-10-8-22-9-11-26)15-6-7-23-19(12-15)24-17-4-2-1-3-5-17/h6-7,12-14,17,22H,1-5,8-11H2,(H2,21,25)(H,23,24). The fourth-order valence-electron chi connectivity index (χ4n) is 3.87. The van der Waals surface area contributed by atoms with E-state index in [1.807, 2.05) is 24.4 Å². The second-order valence-electron chi connectivity index (χ2n) is 7.29. The summed E-state index contributed by atoms with van der Waals surface area (Å²) in [6.07, 6.45) is 8.29. The third-order valence-corrected chi connectivity index (χ3v) is 5.29. The summed E-state index contributed by atoms with van der Waals surface area (Å²) in [5.74, 6) is 1.89. The molecule has 2 aromatic heterocycles. The third kappa shape index (κ3) is 4.07. The van der Waals surface area contributed by atoms with Crippen LogP contribution < -0.4 is 21.3 Å². The molecule has 0 amide bonds. The number of rotatable bonds is 4. The first-order valence-corrected chi connectivity index (χ1v) is 9.74. The van der Waals surface area contributed by atoms with E-state index < -0.39 is 0 Å². The number of hydrogen-bond acceptors (Lipinski definition) is 6. The largest absolute Gasteiger partial charge is 0.399 e. The van der Waals surface area contributed by atoms with Crippen LogP contribution in [0.3, 0.4) is 0 Å². The average Bonchev–Trinajstić information content (AvgIpc) is 2.69. The van der Waals surface area contributed by atoms with Gasteiger partial charge in [0, 0.05) is 55.7 Å². The maximum atomic E-state index is 6.18. The number of piperazine rings is 1. The van der Waals surface area contributed by atoms with Crippen molar-refractivity contribution in [3.8, 4) is 11.3 Å². The lowest BCUT2D eigenvalue weighted by atomic mass is 9.95. The van der Waals surface area contributed by atoms with E-state index in [1.54, 1.807) is 0 Å². The summed E-state index contributed by atoms with van der Waals surface area (Å²) >= 11 is 0. The summed E-state index contributed by atoms with van der Waals surface area (Å²) < 4.78 is 0. The van der Waals surface area contributed by atoms with Gasteiger partial charge in [0.25, 0.3) is 0 Å². The van der Waals surface area contributed by atoms with Crippen molar-refractivity contribution in [3.05, 3.63) is 30.5 Å². The van der Waals surface area contributed by atoms with Gasteiger partial charge in [-0.3, -0.25) is 0 Å². The molecular formula is C20H28N6. The SMILES string of the molecule is Nc1cc(-c2ccnc(NC3CCCCC3)c2)nc(N2CCNCC2)c1. The lowest BCUT2D eigenvalue weighted by Crippen LogP contribution is -2.43. The summed E-state index contributed by atoms with van der Waals surface area (Å²) in [5.41, 5.74) is 8.90. The van der Waals surface area contributed by atoms with Crippen LogP contribution in [-0.4, -0.2) is 42.2 Å². The molecule has 0 radical (unpaired) electrons. The molecule has 0 bridgehead atoms. The minimum Gasteiger partial charge on any atom is -0.399 e. The molecule has 1 saturated heterocycles. The number of hydrogen-bond donors (Lipinski definition) is 3. The van der Waals surface area contributed by atoms with Gasteiger partial charge in [0.15, 0.2) is 0 Å². The van der Waals surface area contributed by atoms with E-state index in [-0.39, 0.29) is 0 Å². The molecule has 2 fully saturated rings. The second-order valence-corrected chi connectivity index (χ2v) is 7.29. The van der Waals surface area contributed by atoms with Crippen molar-refractivity contribution < 1.29 is 0 Å². The molecule has 1 aliphatic carbocycles. The van der Waals surface area contributed by atoms with Crippen LogP contribution in [0.15, 0.2) is 30.5 Å². The Morgan fingerprint density at radius 3 is 2.69 bits per heavy atom. The van der Waals surface area contributed by atoms with Gasteiger partial charge >= 0.3 is 0 Å². The first-order chi connectivity index (χ1) is 12.8. The van der Waals surface area contributed by atoms with Gasteiger partial charge < -0.3 is 21.3 Å². The zero-order valence-electron chi connectivity index (χ0n) is 15.2. The second kappa shape index (κ2) is 7.91. The summed E-state index contributed by atoms with van der Waals surface area (Å²) in [6.45, 7) is 3.88. The number of nitrogen functional groups attached to an aromatic ring is 1. The Morgan fingerprint density at radius 1 is 1.08 bits per heavy atom. The molecule has 1 aliphatic heterocycles. The van der Waals surface area contributed by atoms with Crippen molar-refractivity contribution in [2.75, 3.05) is 42.1 Å². The Hall–Kier alpha value is -2.34. The Bertz CT molecular complexity index is 735. The minimum absolute atomic E-state index is 0.539. The van der Waals surface area contributed by atoms with Gasteiger partial charge in [0.2, 0.25) is 0 Å². The number of nitrogens with two attached hydrogens (primary N) is 1. The first kappa shape index (κ1) is 17.1. The molecule has 138 valence electrons. The van der Waals surface area contributed by atoms with E-state index in [2.05, 4.69) is 26.6 Å². The maximum Gasteiger partial charge on any atom is 0.131 e. The van der Waals surface area contributed by atoms with Gasteiger partial charge in [-0.1, -0.05) is 19.3 Å². The number of nitrogens with zero attached hydrogens (tertiary/aromatic N) is 3. The average molecular weight is 352 g/mol. The Balaban J connectivity index is 1.56. The molecular weight excluding hydrogens is 324 g/mol. The highest BCUT2D eigenvalue weighted by atomic mass is 15.2. The molecule has 6 heteroatoms. The highest BCUT2D eigenvalue weighted by molar-refractivity contribution is 5.69. The molecule has 4 N–H and O–H groups in total. The smallest absolute Gasteiger partial charge is 0.131 e. The zero-order chi connectivity index (χ0) is 17.8. The van der Waals surface area contributed by atoms with Crippen molar-refractivity contribution in [1.82, 2.24) is 15.3 Å². The molecule has 4 rings (SSSR count). The van der Waals surface area contributed by atoms with Gasteiger partial charge in [0.05, 0.1) is 5.69 Å². The Labute approximate surface area is 155 Å². The number of nitrogens with one attached hydrogen (secondary N) is 2. The van der Waals surface area contributed by atoms with Crippen molar-refractivity contribution in [1.29, 1.82) is 0 Å².